The molecule has 0 heterocycles. The van der Waals surface area contributed by atoms with Crippen molar-refractivity contribution in [1.82, 2.24) is 5.32 Å². The van der Waals surface area contributed by atoms with E-state index in [1.54, 1.807) is 0 Å². The number of rotatable bonds is 8. The normalized spacial score (nSPS) is 12.7. The van der Waals surface area contributed by atoms with Gasteiger partial charge in [-0.25, -0.2) is 8.78 Å². The van der Waals surface area contributed by atoms with Gasteiger partial charge in [0.15, 0.2) is 0 Å². The van der Waals surface area contributed by atoms with Crippen LogP contribution in [0.3, 0.4) is 0 Å². The van der Waals surface area contributed by atoms with E-state index >= 15 is 0 Å². The molecule has 0 bridgehead atoms. The zero-order valence-electron chi connectivity index (χ0n) is 11.3. The van der Waals surface area contributed by atoms with E-state index in [9.17, 15) is 8.78 Å². The maximum Gasteiger partial charge on any atom is 0.130 e. The van der Waals surface area contributed by atoms with E-state index in [0.29, 0.717) is 18.2 Å². The highest BCUT2D eigenvalue weighted by atomic mass is 19.1. The summed E-state index contributed by atoms with van der Waals surface area (Å²) in [5, 5.41) is 3.27. The summed E-state index contributed by atoms with van der Waals surface area (Å²) in [4.78, 5) is 0. The topological polar surface area (TPSA) is 12.0 Å². The number of hydrogen-bond donors (Lipinski definition) is 1. The van der Waals surface area contributed by atoms with Crippen LogP contribution in [0.2, 0.25) is 0 Å². The zero-order chi connectivity index (χ0) is 13.4. The average molecular weight is 255 g/mol. The maximum atomic E-state index is 13.4. The fraction of sp³-hybridized carbons (Fsp3) is 0.600. The summed E-state index contributed by atoms with van der Waals surface area (Å²) in [5.41, 5.74) is 0.525. The number of hydrogen-bond acceptors (Lipinski definition) is 1. The Kier molecular flexibility index (Phi) is 6.88. The SMILES string of the molecule is CCCCCCC(C)NCc1ccc(F)cc1F. The van der Waals surface area contributed by atoms with E-state index in [0.717, 1.165) is 12.5 Å². The lowest BCUT2D eigenvalue weighted by Crippen LogP contribution is -2.25. The largest absolute Gasteiger partial charge is 0.310 e. The summed E-state index contributed by atoms with van der Waals surface area (Å²) in [5.74, 6) is -0.996. The van der Waals surface area contributed by atoms with Gasteiger partial charge in [0, 0.05) is 24.2 Å². The lowest BCUT2D eigenvalue weighted by atomic mass is 10.1. The van der Waals surface area contributed by atoms with E-state index in [1.165, 1.54) is 37.8 Å². The smallest absolute Gasteiger partial charge is 0.130 e. The average Bonchev–Trinajstić information content (AvgIpc) is 2.33. The third-order valence-electron chi connectivity index (χ3n) is 3.15. The van der Waals surface area contributed by atoms with Gasteiger partial charge in [-0.2, -0.15) is 0 Å². The van der Waals surface area contributed by atoms with Crippen LogP contribution in [-0.4, -0.2) is 6.04 Å². The lowest BCUT2D eigenvalue weighted by Gasteiger charge is -2.14. The Morgan fingerprint density at radius 2 is 1.94 bits per heavy atom. The number of nitrogens with one attached hydrogen (secondary N) is 1. The van der Waals surface area contributed by atoms with Crippen LogP contribution in [0, 0.1) is 11.6 Å². The second-order valence-electron chi connectivity index (χ2n) is 4.87. The molecule has 1 aromatic rings. The third-order valence-corrected chi connectivity index (χ3v) is 3.15. The first kappa shape index (κ1) is 15.1. The molecule has 0 amide bonds. The molecule has 1 atom stereocenters. The maximum absolute atomic E-state index is 13.4. The molecule has 0 spiro atoms. The predicted molar refractivity (Wildman–Crippen MR) is 71.4 cm³/mol. The van der Waals surface area contributed by atoms with Crippen LogP contribution in [0.1, 0.15) is 51.5 Å². The fourth-order valence-electron chi connectivity index (χ4n) is 1.93. The minimum Gasteiger partial charge on any atom is -0.310 e. The van der Waals surface area contributed by atoms with Crippen LogP contribution in [0.25, 0.3) is 0 Å². The summed E-state index contributed by atoms with van der Waals surface area (Å²) in [6, 6.07) is 4.10. The molecule has 102 valence electrons. The van der Waals surface area contributed by atoms with Crippen LogP contribution in [0.5, 0.6) is 0 Å². The van der Waals surface area contributed by atoms with E-state index in [4.69, 9.17) is 0 Å². The molecular weight excluding hydrogens is 232 g/mol. The molecular formula is C15H23F2N. The first-order chi connectivity index (χ1) is 8.63. The van der Waals surface area contributed by atoms with Gasteiger partial charge in [-0.1, -0.05) is 38.7 Å². The summed E-state index contributed by atoms with van der Waals surface area (Å²) in [7, 11) is 0. The Morgan fingerprint density at radius 1 is 1.17 bits per heavy atom. The van der Waals surface area contributed by atoms with E-state index in [1.807, 2.05) is 0 Å². The van der Waals surface area contributed by atoms with Crippen LogP contribution in [0.4, 0.5) is 8.78 Å². The number of halogens is 2. The molecule has 1 unspecified atom stereocenters. The van der Waals surface area contributed by atoms with Crippen LogP contribution in [0.15, 0.2) is 18.2 Å². The minimum absolute atomic E-state index is 0.367. The Balaban J connectivity index is 2.27. The van der Waals surface area contributed by atoms with Crippen LogP contribution in [-0.2, 0) is 6.54 Å². The van der Waals surface area contributed by atoms with E-state index < -0.39 is 11.6 Å². The first-order valence-corrected chi connectivity index (χ1v) is 6.80. The van der Waals surface area contributed by atoms with Gasteiger partial charge in [0.05, 0.1) is 0 Å². The molecule has 18 heavy (non-hydrogen) atoms. The molecule has 3 heteroatoms. The summed E-state index contributed by atoms with van der Waals surface area (Å²) < 4.78 is 26.1. The summed E-state index contributed by atoms with van der Waals surface area (Å²) in [6.07, 6.45) is 6.08. The Morgan fingerprint density at radius 3 is 2.61 bits per heavy atom. The molecule has 0 aliphatic rings. The molecule has 0 saturated carbocycles. The standard InChI is InChI=1S/C15H23F2N/c1-3-4-5-6-7-12(2)18-11-13-8-9-14(16)10-15(13)17/h8-10,12,18H,3-7,11H2,1-2H3. The number of unbranched alkanes of at least 4 members (excludes halogenated alkanes) is 3. The van der Waals surface area contributed by atoms with Crippen molar-refractivity contribution in [2.75, 3.05) is 0 Å². The molecule has 1 rings (SSSR count). The molecule has 0 aromatic heterocycles. The van der Waals surface area contributed by atoms with Crippen LogP contribution >= 0.6 is 0 Å². The van der Waals surface area contributed by atoms with Crippen molar-refractivity contribution < 1.29 is 8.78 Å². The van der Waals surface area contributed by atoms with Crippen molar-refractivity contribution in [3.63, 3.8) is 0 Å². The zero-order valence-corrected chi connectivity index (χ0v) is 11.3. The highest BCUT2D eigenvalue weighted by Gasteiger charge is 2.06. The molecule has 0 radical (unpaired) electrons. The van der Waals surface area contributed by atoms with Gasteiger partial charge in [0.1, 0.15) is 11.6 Å². The third kappa shape index (κ3) is 5.58. The van der Waals surface area contributed by atoms with Gasteiger partial charge in [0.2, 0.25) is 0 Å². The summed E-state index contributed by atoms with van der Waals surface area (Å²) in [6.45, 7) is 4.76. The molecule has 1 N–H and O–H groups in total. The lowest BCUT2D eigenvalue weighted by molar-refractivity contribution is 0.473. The molecule has 0 aliphatic heterocycles. The van der Waals surface area contributed by atoms with E-state index in [-0.39, 0.29) is 0 Å². The Hall–Kier alpha value is -0.960. The molecule has 0 saturated heterocycles. The molecule has 0 aliphatic carbocycles. The van der Waals surface area contributed by atoms with Gasteiger partial charge in [-0.3, -0.25) is 0 Å². The van der Waals surface area contributed by atoms with Gasteiger partial charge < -0.3 is 5.32 Å². The van der Waals surface area contributed by atoms with Crippen molar-refractivity contribution in [3.05, 3.63) is 35.4 Å². The van der Waals surface area contributed by atoms with Crippen molar-refractivity contribution in [2.45, 2.75) is 58.5 Å². The second kappa shape index (κ2) is 8.20. The van der Waals surface area contributed by atoms with Crippen molar-refractivity contribution in [3.8, 4) is 0 Å². The van der Waals surface area contributed by atoms with Crippen molar-refractivity contribution in [2.24, 2.45) is 0 Å². The fourth-order valence-corrected chi connectivity index (χ4v) is 1.93. The van der Waals surface area contributed by atoms with Gasteiger partial charge >= 0.3 is 0 Å². The summed E-state index contributed by atoms with van der Waals surface area (Å²) >= 11 is 0. The van der Waals surface area contributed by atoms with Crippen molar-refractivity contribution in [1.29, 1.82) is 0 Å². The second-order valence-corrected chi connectivity index (χ2v) is 4.87. The molecule has 1 aromatic carbocycles. The van der Waals surface area contributed by atoms with Gasteiger partial charge in [-0.05, 0) is 19.4 Å². The van der Waals surface area contributed by atoms with Crippen LogP contribution < -0.4 is 5.32 Å². The van der Waals surface area contributed by atoms with Gasteiger partial charge in [-0.15, -0.1) is 0 Å². The molecule has 1 nitrogen and oxygen atoms in total. The predicted octanol–water partition coefficient (Wildman–Crippen LogP) is 4.41. The first-order valence-electron chi connectivity index (χ1n) is 6.80. The number of benzene rings is 1. The Bertz CT molecular complexity index is 352. The van der Waals surface area contributed by atoms with Gasteiger partial charge in [0.25, 0.3) is 0 Å². The molecule has 0 fully saturated rings. The monoisotopic (exact) mass is 255 g/mol. The van der Waals surface area contributed by atoms with E-state index in [2.05, 4.69) is 19.2 Å². The van der Waals surface area contributed by atoms with Crippen molar-refractivity contribution >= 4 is 0 Å². The quantitative estimate of drug-likeness (QED) is 0.678. The minimum atomic E-state index is -0.524. The highest BCUT2D eigenvalue weighted by molar-refractivity contribution is 5.18. The highest BCUT2D eigenvalue weighted by Crippen LogP contribution is 2.10. The Labute approximate surface area is 109 Å².